The second-order valence-corrected chi connectivity index (χ2v) is 9.96. The monoisotopic (exact) mass is 571 g/mol. The van der Waals surface area contributed by atoms with Gasteiger partial charge in [0.15, 0.2) is 0 Å². The van der Waals surface area contributed by atoms with Gasteiger partial charge in [-0.05, 0) is 39.2 Å². The van der Waals surface area contributed by atoms with Crippen LogP contribution in [0.4, 0.5) is 23.0 Å². The molecular weight excluding hydrogens is 534 g/mol. The first kappa shape index (κ1) is 30.1. The van der Waals surface area contributed by atoms with Crippen molar-refractivity contribution in [2.45, 2.75) is 6.92 Å². The molecule has 0 unspecified atom stereocenters. The molecule has 0 atom stereocenters. The van der Waals surface area contributed by atoms with Crippen molar-refractivity contribution in [3.05, 3.63) is 67.0 Å². The van der Waals surface area contributed by atoms with Gasteiger partial charge >= 0.3 is 5.97 Å². The summed E-state index contributed by atoms with van der Waals surface area (Å²) >= 11 is 0. The number of carbonyl (C=O) groups is 2. The van der Waals surface area contributed by atoms with E-state index in [2.05, 4.69) is 27.1 Å². The van der Waals surface area contributed by atoms with E-state index in [-0.39, 0.29) is 24.0 Å². The largest absolute Gasteiger partial charge is 0.494 e. The van der Waals surface area contributed by atoms with E-state index in [1.807, 2.05) is 74.2 Å². The van der Waals surface area contributed by atoms with Crippen molar-refractivity contribution in [2.75, 3.05) is 63.5 Å². The number of carbonyl (C=O) groups excluding carboxylic acids is 2. The topological polar surface area (TPSA) is 114 Å². The first-order valence-electron chi connectivity index (χ1n) is 13.5. The van der Waals surface area contributed by atoms with Crippen LogP contribution < -0.4 is 20.3 Å². The van der Waals surface area contributed by atoms with Gasteiger partial charge in [-0.3, -0.25) is 4.79 Å². The smallest absolute Gasteiger partial charge is 0.341 e. The summed E-state index contributed by atoms with van der Waals surface area (Å²) in [5.74, 6) is -0.104. The molecule has 0 radical (unpaired) electrons. The van der Waals surface area contributed by atoms with Crippen LogP contribution >= 0.6 is 0 Å². The number of nitrogens with one attached hydrogen (secondary N) is 2. The summed E-state index contributed by atoms with van der Waals surface area (Å²) in [5, 5.41) is 7.05. The maximum atomic E-state index is 12.9. The highest BCUT2D eigenvalue weighted by Crippen LogP contribution is 2.38. The van der Waals surface area contributed by atoms with Crippen LogP contribution in [0.25, 0.3) is 22.2 Å². The van der Waals surface area contributed by atoms with E-state index in [1.54, 1.807) is 20.1 Å². The number of anilines is 4. The predicted molar refractivity (Wildman–Crippen MR) is 167 cm³/mol. The zero-order chi connectivity index (χ0) is 30.4. The fraction of sp³-hybridized carbons (Fsp3) is 0.290. The molecule has 220 valence electrons. The van der Waals surface area contributed by atoms with Crippen LogP contribution in [0, 0.1) is 0 Å². The summed E-state index contributed by atoms with van der Waals surface area (Å²) in [6, 6.07) is 11.5. The average Bonchev–Trinajstić information content (AvgIpc) is 3.32. The lowest BCUT2D eigenvalue weighted by Crippen LogP contribution is -2.29. The third kappa shape index (κ3) is 6.52. The Morgan fingerprint density at radius 2 is 1.88 bits per heavy atom. The molecule has 0 saturated heterocycles. The maximum absolute atomic E-state index is 12.9. The molecule has 0 saturated carbocycles. The fourth-order valence-corrected chi connectivity index (χ4v) is 4.56. The van der Waals surface area contributed by atoms with Crippen molar-refractivity contribution in [1.82, 2.24) is 19.4 Å². The van der Waals surface area contributed by atoms with Crippen LogP contribution in [0.2, 0.25) is 0 Å². The van der Waals surface area contributed by atoms with Gasteiger partial charge < -0.3 is 34.5 Å². The van der Waals surface area contributed by atoms with E-state index >= 15 is 0 Å². The Morgan fingerprint density at radius 1 is 1.12 bits per heavy atom. The number of likely N-dealkylation sites (N-methyl/N-ethyl adjacent to an activating group) is 2. The van der Waals surface area contributed by atoms with Crippen molar-refractivity contribution in [2.24, 2.45) is 7.05 Å². The molecule has 2 aromatic carbocycles. The Balaban J connectivity index is 1.81. The number of fused-ring (bicyclic) bond motifs is 1. The van der Waals surface area contributed by atoms with Crippen molar-refractivity contribution < 1.29 is 19.1 Å². The first-order valence-corrected chi connectivity index (χ1v) is 13.5. The molecule has 0 bridgehead atoms. The molecule has 4 aromatic rings. The molecule has 4 rings (SSSR count). The van der Waals surface area contributed by atoms with Crippen molar-refractivity contribution >= 4 is 45.8 Å². The molecule has 2 N–H and O–H groups in total. The number of amides is 1. The van der Waals surface area contributed by atoms with Crippen molar-refractivity contribution in [3.63, 3.8) is 0 Å². The standard InChI is InChI=1S/C31H37N7O4/c1-8-28(39)33-23-16-24(27(41-7)17-26(23)37(5)15-14-36(3)4)34-31-32-18-21(30(40)42-9-2)29(35-31)22-19-38(6)25-13-11-10-12-20(22)25/h8,10-13,16-19H,1,9,14-15H2,2-7H3,(H,33,39)(H,32,34,35). The molecule has 11 heteroatoms. The minimum atomic E-state index is -0.510. The van der Waals surface area contributed by atoms with Gasteiger partial charge in [0, 0.05) is 62.1 Å². The number of aromatic nitrogens is 3. The molecule has 42 heavy (non-hydrogen) atoms. The summed E-state index contributed by atoms with van der Waals surface area (Å²) in [6.45, 7) is 7.08. The molecule has 0 aliphatic rings. The minimum Gasteiger partial charge on any atom is -0.494 e. The molecular formula is C31H37N7O4. The van der Waals surface area contributed by atoms with Crippen LogP contribution in [0.5, 0.6) is 5.75 Å². The SMILES string of the molecule is C=CC(=O)Nc1cc(Nc2ncc(C(=O)OCC)c(-c3cn(C)c4ccccc34)n2)c(OC)cc1N(C)CCN(C)C. The number of methoxy groups -OCH3 is 1. The lowest BCUT2D eigenvalue weighted by Gasteiger charge is -2.26. The first-order chi connectivity index (χ1) is 20.2. The summed E-state index contributed by atoms with van der Waals surface area (Å²) in [5.41, 5.74) is 4.30. The van der Waals surface area contributed by atoms with Crippen LogP contribution in [0.15, 0.2) is 61.4 Å². The Hall–Kier alpha value is -4.90. The Bertz CT molecular complexity index is 1610. The second kappa shape index (κ2) is 13.2. The third-order valence-electron chi connectivity index (χ3n) is 6.74. The normalized spacial score (nSPS) is 10.9. The van der Waals surface area contributed by atoms with Gasteiger partial charge in [0.05, 0.1) is 36.5 Å². The predicted octanol–water partition coefficient (Wildman–Crippen LogP) is 4.69. The molecule has 2 heterocycles. The van der Waals surface area contributed by atoms with Gasteiger partial charge in [-0.15, -0.1) is 0 Å². The van der Waals surface area contributed by atoms with Crippen LogP contribution in [-0.4, -0.2) is 79.3 Å². The number of benzene rings is 2. The Labute approximate surface area is 245 Å². The number of nitrogens with zero attached hydrogens (tertiary/aromatic N) is 5. The lowest BCUT2D eigenvalue weighted by molar-refractivity contribution is -0.111. The number of esters is 1. The zero-order valence-electron chi connectivity index (χ0n) is 24.9. The van der Waals surface area contributed by atoms with Gasteiger partial charge in [-0.1, -0.05) is 24.8 Å². The number of rotatable bonds is 12. The van der Waals surface area contributed by atoms with Gasteiger partial charge in [0.25, 0.3) is 0 Å². The van der Waals surface area contributed by atoms with E-state index in [0.29, 0.717) is 29.4 Å². The quantitative estimate of drug-likeness (QED) is 0.185. The zero-order valence-corrected chi connectivity index (χ0v) is 24.9. The third-order valence-corrected chi connectivity index (χ3v) is 6.74. The van der Waals surface area contributed by atoms with E-state index in [1.165, 1.54) is 12.3 Å². The Morgan fingerprint density at radius 3 is 2.57 bits per heavy atom. The summed E-state index contributed by atoms with van der Waals surface area (Å²) in [6.07, 6.45) is 4.61. The van der Waals surface area contributed by atoms with E-state index in [0.717, 1.165) is 28.7 Å². The van der Waals surface area contributed by atoms with Gasteiger partial charge in [0.1, 0.15) is 11.3 Å². The molecule has 1 amide bonds. The van der Waals surface area contributed by atoms with Crippen LogP contribution in [0.1, 0.15) is 17.3 Å². The number of aryl methyl sites for hydroxylation is 1. The molecule has 0 fully saturated rings. The fourth-order valence-electron chi connectivity index (χ4n) is 4.56. The molecule has 11 nitrogen and oxygen atoms in total. The van der Waals surface area contributed by atoms with Crippen LogP contribution in [0.3, 0.4) is 0 Å². The van der Waals surface area contributed by atoms with Gasteiger partial charge in [-0.2, -0.15) is 0 Å². The summed E-state index contributed by atoms with van der Waals surface area (Å²) in [4.78, 5) is 38.6. The average molecular weight is 572 g/mol. The second-order valence-electron chi connectivity index (χ2n) is 9.96. The highest BCUT2D eigenvalue weighted by Gasteiger charge is 2.22. The number of hydrogen-bond acceptors (Lipinski definition) is 9. The number of ether oxygens (including phenoxy) is 2. The summed E-state index contributed by atoms with van der Waals surface area (Å²) in [7, 11) is 9.46. The van der Waals surface area contributed by atoms with Crippen molar-refractivity contribution in [3.8, 4) is 17.0 Å². The van der Waals surface area contributed by atoms with Crippen molar-refractivity contribution in [1.29, 1.82) is 0 Å². The molecule has 0 aliphatic heterocycles. The molecule has 2 aromatic heterocycles. The minimum absolute atomic E-state index is 0.222. The van der Waals surface area contributed by atoms with E-state index in [4.69, 9.17) is 14.5 Å². The van der Waals surface area contributed by atoms with Gasteiger partial charge in [0.2, 0.25) is 11.9 Å². The highest BCUT2D eigenvalue weighted by atomic mass is 16.5. The van der Waals surface area contributed by atoms with Crippen LogP contribution in [-0.2, 0) is 16.6 Å². The van der Waals surface area contributed by atoms with Gasteiger partial charge in [-0.25, -0.2) is 14.8 Å². The number of hydrogen-bond donors (Lipinski definition) is 2. The molecule has 0 aliphatic carbocycles. The number of para-hydroxylation sites is 1. The van der Waals surface area contributed by atoms with E-state index < -0.39 is 5.97 Å². The highest BCUT2D eigenvalue weighted by molar-refractivity contribution is 6.03. The maximum Gasteiger partial charge on any atom is 0.341 e. The Kier molecular flexibility index (Phi) is 9.43. The van der Waals surface area contributed by atoms with E-state index in [9.17, 15) is 9.59 Å². The lowest BCUT2D eigenvalue weighted by atomic mass is 10.1. The summed E-state index contributed by atoms with van der Waals surface area (Å²) < 4.78 is 13.0. The molecule has 0 spiro atoms.